The van der Waals surface area contributed by atoms with Gasteiger partial charge in [0.2, 0.25) is 5.91 Å². The van der Waals surface area contributed by atoms with Gasteiger partial charge in [-0.2, -0.15) is 0 Å². The van der Waals surface area contributed by atoms with Gasteiger partial charge in [0.1, 0.15) is 0 Å². The van der Waals surface area contributed by atoms with Crippen LogP contribution in [0, 0.1) is 5.92 Å². The first-order valence-corrected chi connectivity index (χ1v) is 6.92. The Morgan fingerprint density at radius 1 is 1.25 bits per heavy atom. The summed E-state index contributed by atoms with van der Waals surface area (Å²) in [5, 5.41) is 8.59. The third-order valence-corrected chi connectivity index (χ3v) is 2.92. The van der Waals surface area contributed by atoms with Crippen LogP contribution in [-0.2, 0) is 4.79 Å². The fraction of sp³-hybridized carbons (Fsp3) is 0.467. The summed E-state index contributed by atoms with van der Waals surface area (Å²) in [5.41, 5.74) is 1.04. The first kappa shape index (κ1) is 16.2. The predicted molar refractivity (Wildman–Crippen MR) is 80.8 cm³/mol. The number of amides is 2. The zero-order chi connectivity index (χ0) is 15.0. The van der Waals surface area contributed by atoms with Gasteiger partial charge in [0.05, 0.1) is 11.3 Å². The van der Waals surface area contributed by atoms with E-state index in [0.29, 0.717) is 24.3 Å². The monoisotopic (exact) mass is 277 g/mol. The van der Waals surface area contributed by atoms with Crippen molar-refractivity contribution in [2.75, 3.05) is 25.5 Å². The molecular weight excluding hydrogens is 254 g/mol. The number of anilines is 1. The first-order valence-electron chi connectivity index (χ1n) is 6.92. The number of para-hydroxylation sites is 1. The van der Waals surface area contributed by atoms with Gasteiger partial charge in [0.15, 0.2) is 0 Å². The lowest BCUT2D eigenvalue weighted by Crippen LogP contribution is -2.30. The van der Waals surface area contributed by atoms with E-state index in [4.69, 9.17) is 0 Å². The van der Waals surface area contributed by atoms with Crippen molar-refractivity contribution in [3.63, 3.8) is 0 Å². The molecule has 2 amide bonds. The molecule has 0 radical (unpaired) electrons. The number of hydrogen-bond donors (Lipinski definition) is 3. The highest BCUT2D eigenvalue weighted by atomic mass is 16.2. The molecule has 0 heterocycles. The smallest absolute Gasteiger partial charge is 0.253 e. The van der Waals surface area contributed by atoms with Crippen LogP contribution in [0.3, 0.4) is 0 Å². The molecule has 0 aliphatic heterocycles. The molecule has 0 aromatic heterocycles. The van der Waals surface area contributed by atoms with E-state index in [1.54, 1.807) is 31.3 Å². The molecule has 5 nitrogen and oxygen atoms in total. The molecule has 0 aliphatic carbocycles. The Kier molecular flexibility index (Phi) is 6.73. The predicted octanol–water partition coefficient (Wildman–Crippen LogP) is 1.62. The lowest BCUT2D eigenvalue weighted by atomic mass is 10.1. The van der Waals surface area contributed by atoms with E-state index in [1.165, 1.54) is 0 Å². The molecule has 0 saturated carbocycles. The fourth-order valence-electron chi connectivity index (χ4n) is 1.78. The van der Waals surface area contributed by atoms with Crippen molar-refractivity contribution in [2.45, 2.75) is 20.3 Å². The Morgan fingerprint density at radius 2 is 1.95 bits per heavy atom. The number of benzene rings is 1. The lowest BCUT2D eigenvalue weighted by molar-refractivity contribution is -0.119. The quantitative estimate of drug-likeness (QED) is 0.709. The van der Waals surface area contributed by atoms with E-state index in [9.17, 15) is 9.59 Å². The number of carbonyl (C=O) groups excluding carboxylic acids is 2. The van der Waals surface area contributed by atoms with Crippen LogP contribution in [-0.4, -0.2) is 32.0 Å². The van der Waals surface area contributed by atoms with Crippen molar-refractivity contribution in [1.82, 2.24) is 10.6 Å². The molecule has 0 aliphatic rings. The van der Waals surface area contributed by atoms with E-state index in [2.05, 4.69) is 16.0 Å². The summed E-state index contributed by atoms with van der Waals surface area (Å²) in [6.45, 7) is 5.05. The molecule has 1 atom stereocenters. The SMILES string of the molecule is CCCNC(=O)c1ccccc1NC(=O)C(C)CNC. The van der Waals surface area contributed by atoms with Crippen molar-refractivity contribution < 1.29 is 9.59 Å². The summed E-state index contributed by atoms with van der Waals surface area (Å²) < 4.78 is 0. The largest absolute Gasteiger partial charge is 0.352 e. The normalized spacial score (nSPS) is 11.8. The maximum absolute atomic E-state index is 12.0. The van der Waals surface area contributed by atoms with E-state index in [0.717, 1.165) is 6.42 Å². The fourth-order valence-corrected chi connectivity index (χ4v) is 1.78. The third kappa shape index (κ3) is 4.66. The second kappa shape index (κ2) is 8.32. The highest BCUT2D eigenvalue weighted by Gasteiger charge is 2.16. The van der Waals surface area contributed by atoms with Crippen LogP contribution in [0.1, 0.15) is 30.6 Å². The molecule has 5 heteroatoms. The van der Waals surface area contributed by atoms with Crippen LogP contribution >= 0.6 is 0 Å². The summed E-state index contributed by atoms with van der Waals surface area (Å²) in [6.07, 6.45) is 0.874. The van der Waals surface area contributed by atoms with Crippen molar-refractivity contribution in [2.24, 2.45) is 5.92 Å². The minimum atomic E-state index is -0.163. The standard InChI is InChI=1S/C15H23N3O2/c1-4-9-17-15(20)12-7-5-6-8-13(12)18-14(19)11(2)10-16-3/h5-8,11,16H,4,9-10H2,1-3H3,(H,17,20)(H,18,19). The van der Waals surface area contributed by atoms with Crippen LogP contribution in [0.15, 0.2) is 24.3 Å². The van der Waals surface area contributed by atoms with Gasteiger partial charge in [0.25, 0.3) is 5.91 Å². The maximum Gasteiger partial charge on any atom is 0.253 e. The number of nitrogens with one attached hydrogen (secondary N) is 3. The Balaban J connectivity index is 2.80. The third-order valence-electron chi connectivity index (χ3n) is 2.92. The van der Waals surface area contributed by atoms with Gasteiger partial charge in [-0.1, -0.05) is 26.0 Å². The molecule has 0 bridgehead atoms. The Bertz CT molecular complexity index is 460. The Labute approximate surface area is 120 Å². The van der Waals surface area contributed by atoms with Crippen molar-refractivity contribution in [1.29, 1.82) is 0 Å². The maximum atomic E-state index is 12.0. The summed E-state index contributed by atoms with van der Waals surface area (Å²) in [4.78, 5) is 24.0. The molecule has 3 N–H and O–H groups in total. The molecule has 1 aromatic rings. The van der Waals surface area contributed by atoms with Crippen LogP contribution in [0.2, 0.25) is 0 Å². The van der Waals surface area contributed by atoms with Gasteiger partial charge < -0.3 is 16.0 Å². The van der Waals surface area contributed by atoms with Gasteiger partial charge in [-0.3, -0.25) is 9.59 Å². The molecule has 1 aromatic carbocycles. The molecule has 20 heavy (non-hydrogen) atoms. The topological polar surface area (TPSA) is 70.2 Å². The molecule has 0 saturated heterocycles. The minimum absolute atomic E-state index is 0.102. The van der Waals surface area contributed by atoms with Gasteiger partial charge in [-0.05, 0) is 25.6 Å². The zero-order valence-corrected chi connectivity index (χ0v) is 12.3. The van der Waals surface area contributed by atoms with E-state index in [-0.39, 0.29) is 17.7 Å². The second-order valence-corrected chi connectivity index (χ2v) is 4.75. The van der Waals surface area contributed by atoms with Crippen LogP contribution in [0.25, 0.3) is 0 Å². The average molecular weight is 277 g/mol. The van der Waals surface area contributed by atoms with E-state index < -0.39 is 0 Å². The van der Waals surface area contributed by atoms with E-state index >= 15 is 0 Å². The summed E-state index contributed by atoms with van der Waals surface area (Å²) in [5.74, 6) is -0.425. The summed E-state index contributed by atoms with van der Waals surface area (Å²) in [6, 6.07) is 7.04. The molecular formula is C15H23N3O2. The Morgan fingerprint density at radius 3 is 2.60 bits per heavy atom. The highest BCUT2D eigenvalue weighted by Crippen LogP contribution is 2.16. The molecule has 110 valence electrons. The van der Waals surface area contributed by atoms with Gasteiger partial charge in [0, 0.05) is 19.0 Å². The highest BCUT2D eigenvalue weighted by molar-refractivity contribution is 6.04. The lowest BCUT2D eigenvalue weighted by Gasteiger charge is -2.14. The van der Waals surface area contributed by atoms with E-state index in [1.807, 2.05) is 13.8 Å². The van der Waals surface area contributed by atoms with Crippen molar-refractivity contribution in [3.8, 4) is 0 Å². The van der Waals surface area contributed by atoms with Crippen molar-refractivity contribution >= 4 is 17.5 Å². The van der Waals surface area contributed by atoms with Gasteiger partial charge in [-0.25, -0.2) is 0 Å². The van der Waals surface area contributed by atoms with Gasteiger partial charge >= 0.3 is 0 Å². The second-order valence-electron chi connectivity index (χ2n) is 4.75. The number of carbonyl (C=O) groups is 2. The van der Waals surface area contributed by atoms with Crippen LogP contribution < -0.4 is 16.0 Å². The molecule has 0 spiro atoms. The molecule has 1 rings (SSSR count). The number of hydrogen-bond acceptors (Lipinski definition) is 3. The summed E-state index contributed by atoms with van der Waals surface area (Å²) in [7, 11) is 1.80. The van der Waals surface area contributed by atoms with Crippen molar-refractivity contribution in [3.05, 3.63) is 29.8 Å². The van der Waals surface area contributed by atoms with Crippen LogP contribution in [0.5, 0.6) is 0 Å². The van der Waals surface area contributed by atoms with Gasteiger partial charge in [-0.15, -0.1) is 0 Å². The minimum Gasteiger partial charge on any atom is -0.352 e. The molecule has 1 unspecified atom stereocenters. The molecule has 0 fully saturated rings. The zero-order valence-electron chi connectivity index (χ0n) is 12.3. The Hall–Kier alpha value is -1.88. The summed E-state index contributed by atoms with van der Waals surface area (Å²) >= 11 is 0. The average Bonchev–Trinajstić information content (AvgIpc) is 2.45. The number of rotatable bonds is 7. The van der Waals surface area contributed by atoms with Crippen LogP contribution in [0.4, 0.5) is 5.69 Å². The first-order chi connectivity index (χ1) is 9.60.